The zero-order valence-corrected chi connectivity index (χ0v) is 12.5. The Bertz CT molecular complexity index is 551. The van der Waals surface area contributed by atoms with Crippen LogP contribution in [0.5, 0.6) is 0 Å². The maximum absolute atomic E-state index is 12.8. The smallest absolute Gasteiger partial charge is 0.123 e. The van der Waals surface area contributed by atoms with E-state index in [0.29, 0.717) is 6.04 Å². The van der Waals surface area contributed by atoms with Crippen molar-refractivity contribution in [2.45, 2.75) is 32.2 Å². The zero-order chi connectivity index (χ0) is 15.1. The molecule has 0 amide bonds. The van der Waals surface area contributed by atoms with Gasteiger partial charge < -0.3 is 11.1 Å². The highest BCUT2D eigenvalue weighted by Gasteiger charge is 2.03. The summed E-state index contributed by atoms with van der Waals surface area (Å²) in [5.74, 6) is -0.173. The van der Waals surface area contributed by atoms with Crippen LogP contribution in [0, 0.1) is 5.82 Å². The van der Waals surface area contributed by atoms with Crippen LogP contribution in [-0.2, 0) is 12.8 Å². The van der Waals surface area contributed by atoms with Crippen LogP contribution in [0.1, 0.15) is 24.5 Å². The Balaban J connectivity index is 1.67. The first-order valence-corrected chi connectivity index (χ1v) is 7.46. The summed E-state index contributed by atoms with van der Waals surface area (Å²) in [7, 11) is 0. The summed E-state index contributed by atoms with van der Waals surface area (Å²) in [6.07, 6.45) is 2.99. The number of halogens is 1. The highest BCUT2D eigenvalue weighted by molar-refractivity contribution is 5.40. The van der Waals surface area contributed by atoms with Crippen LogP contribution >= 0.6 is 0 Å². The van der Waals surface area contributed by atoms with E-state index in [2.05, 4.69) is 18.3 Å². The minimum absolute atomic E-state index is 0.173. The second-order valence-electron chi connectivity index (χ2n) is 5.53. The van der Waals surface area contributed by atoms with Gasteiger partial charge in [0.15, 0.2) is 0 Å². The molecule has 0 aliphatic carbocycles. The van der Waals surface area contributed by atoms with E-state index in [4.69, 9.17) is 5.73 Å². The van der Waals surface area contributed by atoms with Crippen LogP contribution in [0.3, 0.4) is 0 Å². The van der Waals surface area contributed by atoms with E-state index in [1.807, 2.05) is 30.3 Å². The third kappa shape index (κ3) is 5.56. The Morgan fingerprint density at radius 1 is 1.10 bits per heavy atom. The van der Waals surface area contributed by atoms with Gasteiger partial charge in [-0.3, -0.25) is 0 Å². The standard InChI is InChI=1S/C18H23FN2/c1-14(12-16-4-2-6-18(20)13-16)21-11-3-5-15-7-9-17(19)10-8-15/h2,4,6-10,13-14,21H,3,5,11-12,20H2,1H3. The normalized spacial score (nSPS) is 12.3. The van der Waals surface area contributed by atoms with Gasteiger partial charge in [0.25, 0.3) is 0 Å². The lowest BCUT2D eigenvalue weighted by molar-refractivity contribution is 0.534. The van der Waals surface area contributed by atoms with Crippen molar-refractivity contribution in [1.82, 2.24) is 5.32 Å². The quantitative estimate of drug-likeness (QED) is 0.603. The first-order valence-electron chi connectivity index (χ1n) is 7.46. The van der Waals surface area contributed by atoms with Crippen LogP contribution in [0.4, 0.5) is 10.1 Å². The van der Waals surface area contributed by atoms with Crippen molar-refractivity contribution in [3.8, 4) is 0 Å². The van der Waals surface area contributed by atoms with Gasteiger partial charge >= 0.3 is 0 Å². The molecule has 0 aliphatic rings. The minimum Gasteiger partial charge on any atom is -0.399 e. The first-order chi connectivity index (χ1) is 10.1. The van der Waals surface area contributed by atoms with Crippen molar-refractivity contribution >= 4 is 5.69 Å². The molecule has 0 spiro atoms. The molecule has 2 aromatic carbocycles. The Morgan fingerprint density at radius 2 is 1.86 bits per heavy atom. The third-order valence-corrected chi connectivity index (χ3v) is 3.54. The lowest BCUT2D eigenvalue weighted by Gasteiger charge is -2.14. The zero-order valence-electron chi connectivity index (χ0n) is 12.5. The molecule has 3 N–H and O–H groups in total. The highest BCUT2D eigenvalue weighted by Crippen LogP contribution is 2.09. The Labute approximate surface area is 126 Å². The number of nitrogens with two attached hydrogens (primary N) is 1. The number of anilines is 1. The molecule has 0 radical (unpaired) electrons. The van der Waals surface area contributed by atoms with Gasteiger partial charge in [0, 0.05) is 11.7 Å². The number of nitrogens with one attached hydrogen (secondary N) is 1. The fraction of sp³-hybridized carbons (Fsp3) is 0.333. The number of benzene rings is 2. The van der Waals surface area contributed by atoms with Gasteiger partial charge in [-0.1, -0.05) is 24.3 Å². The summed E-state index contributed by atoms with van der Waals surface area (Å²) < 4.78 is 12.8. The molecule has 112 valence electrons. The molecule has 3 heteroatoms. The lowest BCUT2D eigenvalue weighted by atomic mass is 10.1. The summed E-state index contributed by atoms with van der Waals surface area (Å²) in [5.41, 5.74) is 9.04. The van der Waals surface area contributed by atoms with Gasteiger partial charge in [-0.2, -0.15) is 0 Å². The second-order valence-corrected chi connectivity index (χ2v) is 5.53. The third-order valence-electron chi connectivity index (χ3n) is 3.54. The minimum atomic E-state index is -0.173. The molecule has 0 saturated carbocycles. The van der Waals surface area contributed by atoms with Crippen LogP contribution in [0.15, 0.2) is 48.5 Å². The molecule has 1 unspecified atom stereocenters. The fourth-order valence-corrected chi connectivity index (χ4v) is 2.44. The van der Waals surface area contributed by atoms with E-state index in [0.717, 1.165) is 31.5 Å². The van der Waals surface area contributed by atoms with Gasteiger partial charge in [0.1, 0.15) is 5.82 Å². The molecule has 0 bridgehead atoms. The van der Waals surface area contributed by atoms with Gasteiger partial charge in [-0.15, -0.1) is 0 Å². The van der Waals surface area contributed by atoms with Crippen molar-refractivity contribution in [2.24, 2.45) is 0 Å². The summed E-state index contributed by atoms with van der Waals surface area (Å²) in [4.78, 5) is 0. The molecule has 2 rings (SSSR count). The van der Waals surface area contributed by atoms with E-state index in [-0.39, 0.29) is 5.82 Å². The van der Waals surface area contributed by atoms with Crippen molar-refractivity contribution < 1.29 is 4.39 Å². The molecule has 21 heavy (non-hydrogen) atoms. The monoisotopic (exact) mass is 286 g/mol. The molecular formula is C18H23FN2. The van der Waals surface area contributed by atoms with Crippen LogP contribution in [-0.4, -0.2) is 12.6 Å². The molecule has 1 atom stereocenters. The van der Waals surface area contributed by atoms with Crippen molar-refractivity contribution in [3.63, 3.8) is 0 Å². The van der Waals surface area contributed by atoms with E-state index >= 15 is 0 Å². The summed E-state index contributed by atoms with van der Waals surface area (Å²) in [6, 6.07) is 15.2. The summed E-state index contributed by atoms with van der Waals surface area (Å²) in [6.45, 7) is 3.14. The van der Waals surface area contributed by atoms with Gasteiger partial charge in [0.2, 0.25) is 0 Å². The summed E-state index contributed by atoms with van der Waals surface area (Å²) >= 11 is 0. The molecule has 2 nitrogen and oxygen atoms in total. The number of aryl methyl sites for hydroxylation is 1. The molecule has 0 heterocycles. The van der Waals surface area contributed by atoms with Crippen LogP contribution in [0.2, 0.25) is 0 Å². The first kappa shape index (κ1) is 15.5. The van der Waals surface area contributed by atoms with Gasteiger partial charge in [0.05, 0.1) is 0 Å². The molecule has 0 aromatic heterocycles. The number of rotatable bonds is 7. The average Bonchev–Trinajstić information content (AvgIpc) is 2.45. The van der Waals surface area contributed by atoms with Crippen molar-refractivity contribution in [2.75, 3.05) is 12.3 Å². The Hall–Kier alpha value is -1.87. The Morgan fingerprint density at radius 3 is 2.57 bits per heavy atom. The molecule has 0 aliphatic heterocycles. The average molecular weight is 286 g/mol. The molecule has 0 fully saturated rings. The topological polar surface area (TPSA) is 38.0 Å². The van der Waals surface area contributed by atoms with E-state index in [9.17, 15) is 4.39 Å². The number of hydrogen-bond acceptors (Lipinski definition) is 2. The fourth-order valence-electron chi connectivity index (χ4n) is 2.44. The molecule has 0 saturated heterocycles. The molecule has 2 aromatic rings. The molecular weight excluding hydrogens is 263 g/mol. The second kappa shape index (κ2) is 7.79. The lowest BCUT2D eigenvalue weighted by Crippen LogP contribution is -2.29. The van der Waals surface area contributed by atoms with Gasteiger partial charge in [-0.05, 0) is 68.1 Å². The van der Waals surface area contributed by atoms with Crippen LogP contribution in [0.25, 0.3) is 0 Å². The highest BCUT2D eigenvalue weighted by atomic mass is 19.1. The van der Waals surface area contributed by atoms with Crippen LogP contribution < -0.4 is 11.1 Å². The van der Waals surface area contributed by atoms with Gasteiger partial charge in [-0.25, -0.2) is 4.39 Å². The maximum Gasteiger partial charge on any atom is 0.123 e. The SMILES string of the molecule is CC(Cc1cccc(N)c1)NCCCc1ccc(F)cc1. The Kier molecular flexibility index (Phi) is 5.76. The largest absolute Gasteiger partial charge is 0.399 e. The predicted octanol–water partition coefficient (Wildman–Crippen LogP) is 3.56. The van der Waals surface area contributed by atoms with E-state index < -0.39 is 0 Å². The predicted molar refractivity (Wildman–Crippen MR) is 86.7 cm³/mol. The number of hydrogen-bond donors (Lipinski definition) is 2. The van der Waals surface area contributed by atoms with Crippen molar-refractivity contribution in [1.29, 1.82) is 0 Å². The number of nitrogen functional groups attached to an aromatic ring is 1. The van der Waals surface area contributed by atoms with Crippen molar-refractivity contribution in [3.05, 3.63) is 65.5 Å². The summed E-state index contributed by atoms with van der Waals surface area (Å²) in [5, 5.41) is 3.52. The maximum atomic E-state index is 12.8. The van der Waals surface area contributed by atoms with E-state index in [1.165, 1.54) is 23.3 Å². The van der Waals surface area contributed by atoms with E-state index in [1.54, 1.807) is 0 Å².